The Morgan fingerprint density at radius 1 is 1.05 bits per heavy atom. The molecule has 0 aromatic carbocycles. The van der Waals surface area contributed by atoms with Crippen molar-refractivity contribution < 1.29 is 0 Å². The Hall–Kier alpha value is -0.0800. The summed E-state index contributed by atoms with van der Waals surface area (Å²) in [6.07, 6.45) is 5.66. The van der Waals surface area contributed by atoms with Gasteiger partial charge < -0.3 is 10.2 Å². The lowest BCUT2D eigenvalue weighted by atomic mass is 9.70. The summed E-state index contributed by atoms with van der Waals surface area (Å²) in [5.41, 5.74) is 0.520. The van der Waals surface area contributed by atoms with Crippen molar-refractivity contribution in [3.63, 3.8) is 0 Å². The van der Waals surface area contributed by atoms with Crippen LogP contribution in [-0.4, -0.2) is 37.6 Å². The average Bonchev–Trinajstić information content (AvgIpc) is 2.38. The van der Waals surface area contributed by atoms with Crippen molar-refractivity contribution in [2.24, 2.45) is 23.2 Å². The van der Waals surface area contributed by atoms with Gasteiger partial charge in [-0.2, -0.15) is 0 Å². The van der Waals surface area contributed by atoms with Crippen LogP contribution >= 0.6 is 0 Å². The molecule has 126 valence electrons. The molecule has 21 heavy (non-hydrogen) atoms. The summed E-state index contributed by atoms with van der Waals surface area (Å²) in [4.78, 5) is 2.75. The highest BCUT2D eigenvalue weighted by molar-refractivity contribution is 4.89. The Bertz CT molecular complexity index is 249. The highest BCUT2D eigenvalue weighted by Gasteiger charge is 2.35. The van der Waals surface area contributed by atoms with E-state index in [9.17, 15) is 0 Å². The SMILES string of the molecule is CCNCC1(CN(CC(C)C)CC(C)C)CCC(C)CC1. The molecule has 1 N–H and O–H groups in total. The Balaban J connectivity index is 2.70. The van der Waals surface area contributed by atoms with Crippen LogP contribution in [0.25, 0.3) is 0 Å². The van der Waals surface area contributed by atoms with Crippen LogP contribution in [0.3, 0.4) is 0 Å². The van der Waals surface area contributed by atoms with Gasteiger partial charge in [-0.3, -0.25) is 0 Å². The predicted molar refractivity (Wildman–Crippen MR) is 94.7 cm³/mol. The normalized spacial score (nSPS) is 27.0. The van der Waals surface area contributed by atoms with Gasteiger partial charge in [-0.25, -0.2) is 0 Å². The third-order valence-electron chi connectivity index (χ3n) is 4.89. The summed E-state index contributed by atoms with van der Waals surface area (Å²) < 4.78 is 0. The maximum absolute atomic E-state index is 3.66. The molecule has 2 nitrogen and oxygen atoms in total. The van der Waals surface area contributed by atoms with Gasteiger partial charge in [0, 0.05) is 26.2 Å². The molecule has 0 radical (unpaired) electrons. The molecule has 0 aliphatic heterocycles. The van der Waals surface area contributed by atoms with Crippen LogP contribution in [0, 0.1) is 23.2 Å². The number of hydrogen-bond donors (Lipinski definition) is 1. The fourth-order valence-corrected chi connectivity index (χ4v) is 3.87. The molecule has 1 fully saturated rings. The molecular formula is C19H40N2. The van der Waals surface area contributed by atoms with Crippen LogP contribution in [-0.2, 0) is 0 Å². The van der Waals surface area contributed by atoms with Crippen molar-refractivity contribution in [2.45, 2.75) is 67.2 Å². The predicted octanol–water partition coefficient (Wildman–Crippen LogP) is 4.41. The second-order valence-corrected chi connectivity index (χ2v) is 8.44. The Morgan fingerprint density at radius 2 is 1.57 bits per heavy atom. The van der Waals surface area contributed by atoms with Crippen LogP contribution in [0.5, 0.6) is 0 Å². The van der Waals surface area contributed by atoms with Gasteiger partial charge in [-0.15, -0.1) is 0 Å². The van der Waals surface area contributed by atoms with E-state index in [-0.39, 0.29) is 0 Å². The van der Waals surface area contributed by atoms with Crippen LogP contribution in [0.4, 0.5) is 0 Å². The minimum Gasteiger partial charge on any atom is -0.316 e. The highest BCUT2D eigenvalue weighted by Crippen LogP contribution is 2.39. The zero-order valence-electron chi connectivity index (χ0n) is 15.5. The van der Waals surface area contributed by atoms with Crippen molar-refractivity contribution in [1.82, 2.24) is 10.2 Å². The van der Waals surface area contributed by atoms with Crippen molar-refractivity contribution in [2.75, 3.05) is 32.7 Å². The van der Waals surface area contributed by atoms with Gasteiger partial charge in [0.25, 0.3) is 0 Å². The van der Waals surface area contributed by atoms with E-state index in [1.165, 1.54) is 51.9 Å². The van der Waals surface area contributed by atoms with Gasteiger partial charge in [0.2, 0.25) is 0 Å². The summed E-state index contributed by atoms with van der Waals surface area (Å²) in [7, 11) is 0. The average molecular weight is 297 g/mol. The summed E-state index contributed by atoms with van der Waals surface area (Å²) >= 11 is 0. The van der Waals surface area contributed by atoms with E-state index in [2.05, 4.69) is 51.8 Å². The zero-order chi connectivity index (χ0) is 15.9. The van der Waals surface area contributed by atoms with Crippen LogP contribution in [0.2, 0.25) is 0 Å². The van der Waals surface area contributed by atoms with E-state index in [1.54, 1.807) is 0 Å². The molecule has 0 heterocycles. The summed E-state index contributed by atoms with van der Waals surface area (Å²) in [6.45, 7) is 20.2. The Labute approximate surface area is 134 Å². The number of rotatable bonds is 9. The van der Waals surface area contributed by atoms with Gasteiger partial charge in [-0.05, 0) is 42.6 Å². The molecule has 0 unspecified atom stereocenters. The summed E-state index contributed by atoms with van der Waals surface area (Å²) in [5.74, 6) is 2.47. The lowest BCUT2D eigenvalue weighted by Gasteiger charge is -2.44. The molecule has 1 aliphatic carbocycles. The van der Waals surface area contributed by atoms with E-state index in [1.807, 2.05) is 0 Å². The minimum atomic E-state index is 0.520. The number of nitrogens with zero attached hydrogens (tertiary/aromatic N) is 1. The van der Waals surface area contributed by atoms with Gasteiger partial charge in [-0.1, -0.05) is 54.4 Å². The highest BCUT2D eigenvalue weighted by atomic mass is 15.1. The summed E-state index contributed by atoms with van der Waals surface area (Å²) in [5, 5.41) is 3.66. The second kappa shape index (κ2) is 9.15. The van der Waals surface area contributed by atoms with E-state index >= 15 is 0 Å². The third-order valence-corrected chi connectivity index (χ3v) is 4.89. The quantitative estimate of drug-likeness (QED) is 0.678. The van der Waals surface area contributed by atoms with Crippen molar-refractivity contribution >= 4 is 0 Å². The molecule has 2 heteroatoms. The van der Waals surface area contributed by atoms with Crippen molar-refractivity contribution in [1.29, 1.82) is 0 Å². The first-order valence-electron chi connectivity index (χ1n) is 9.30. The Kier molecular flexibility index (Phi) is 8.26. The van der Waals surface area contributed by atoms with Crippen LogP contribution in [0.15, 0.2) is 0 Å². The molecule has 0 aromatic heterocycles. The van der Waals surface area contributed by atoms with Crippen molar-refractivity contribution in [3.05, 3.63) is 0 Å². The van der Waals surface area contributed by atoms with Gasteiger partial charge in [0.1, 0.15) is 0 Å². The molecule has 0 bridgehead atoms. The Morgan fingerprint density at radius 3 is 2.00 bits per heavy atom. The van der Waals surface area contributed by atoms with Gasteiger partial charge >= 0.3 is 0 Å². The molecule has 0 aromatic rings. The van der Waals surface area contributed by atoms with Crippen molar-refractivity contribution in [3.8, 4) is 0 Å². The maximum atomic E-state index is 3.66. The standard InChI is InChI=1S/C19H40N2/c1-7-20-14-19(10-8-18(6)9-11-19)15-21(12-16(2)3)13-17(4)5/h16-18,20H,7-15H2,1-6H3. The number of hydrogen-bond acceptors (Lipinski definition) is 2. The summed E-state index contributed by atoms with van der Waals surface area (Å²) in [6, 6.07) is 0. The minimum absolute atomic E-state index is 0.520. The van der Waals surface area contributed by atoms with Crippen LogP contribution in [0.1, 0.15) is 67.2 Å². The van der Waals surface area contributed by atoms with Crippen LogP contribution < -0.4 is 5.32 Å². The maximum Gasteiger partial charge on any atom is 0.00504 e. The lowest BCUT2D eigenvalue weighted by Crippen LogP contribution is -2.47. The molecular weight excluding hydrogens is 256 g/mol. The largest absolute Gasteiger partial charge is 0.316 e. The monoisotopic (exact) mass is 296 g/mol. The number of nitrogens with one attached hydrogen (secondary N) is 1. The molecule has 1 aliphatic rings. The first-order valence-corrected chi connectivity index (χ1v) is 9.30. The fourth-order valence-electron chi connectivity index (χ4n) is 3.87. The molecule has 1 rings (SSSR count). The molecule has 0 saturated heterocycles. The molecule has 1 saturated carbocycles. The third kappa shape index (κ3) is 7.15. The smallest absolute Gasteiger partial charge is 0.00504 e. The molecule has 0 amide bonds. The molecule has 0 atom stereocenters. The van der Waals surface area contributed by atoms with E-state index in [0.717, 1.165) is 24.3 Å². The first kappa shape index (κ1) is 19.0. The van der Waals surface area contributed by atoms with E-state index in [4.69, 9.17) is 0 Å². The first-order chi connectivity index (χ1) is 9.87. The topological polar surface area (TPSA) is 15.3 Å². The molecule has 0 spiro atoms. The van der Waals surface area contributed by atoms with Gasteiger partial charge in [0.15, 0.2) is 0 Å². The zero-order valence-corrected chi connectivity index (χ0v) is 15.5. The van der Waals surface area contributed by atoms with Gasteiger partial charge in [0.05, 0.1) is 0 Å². The second-order valence-electron chi connectivity index (χ2n) is 8.44. The van der Waals surface area contributed by atoms with E-state index < -0.39 is 0 Å². The fraction of sp³-hybridized carbons (Fsp3) is 1.00. The lowest BCUT2D eigenvalue weighted by molar-refractivity contribution is 0.0742. The van der Waals surface area contributed by atoms with E-state index in [0.29, 0.717) is 5.41 Å².